The second-order valence-corrected chi connectivity index (χ2v) is 10.2. The van der Waals surface area contributed by atoms with Crippen molar-refractivity contribution in [3.05, 3.63) is 24.3 Å². The lowest BCUT2D eigenvalue weighted by Crippen LogP contribution is -3.18. The number of nitrogens with zero attached hydrogens (tertiary/aromatic N) is 1. The number of ether oxygens (including phenoxy) is 1. The van der Waals surface area contributed by atoms with Gasteiger partial charge in [-0.15, -0.1) is 0 Å². The van der Waals surface area contributed by atoms with Crippen molar-refractivity contribution in [2.24, 2.45) is 11.8 Å². The fourth-order valence-corrected chi connectivity index (χ4v) is 5.68. The van der Waals surface area contributed by atoms with Gasteiger partial charge in [0.2, 0.25) is 10.0 Å². The van der Waals surface area contributed by atoms with Crippen LogP contribution in [0.1, 0.15) is 27.2 Å². The number of carbonyl (C=O) groups is 1. The number of morpholine rings is 1. The van der Waals surface area contributed by atoms with Gasteiger partial charge in [-0.2, -0.15) is 4.31 Å². The zero-order valence-electron chi connectivity index (χ0n) is 17.0. The highest BCUT2D eigenvalue weighted by molar-refractivity contribution is 7.89. The zero-order valence-corrected chi connectivity index (χ0v) is 17.8. The molecule has 7 nitrogen and oxygen atoms in total. The average molecular weight is 411 g/mol. The molecule has 2 fully saturated rings. The monoisotopic (exact) mass is 410 g/mol. The minimum absolute atomic E-state index is 0.0277. The number of carbonyl (C=O) groups excluding carboxylic acids is 1. The summed E-state index contributed by atoms with van der Waals surface area (Å²) in [6.45, 7) is 10.0. The Hall–Kier alpha value is -1.48. The van der Waals surface area contributed by atoms with Gasteiger partial charge in [0.15, 0.2) is 6.04 Å². The summed E-state index contributed by atoms with van der Waals surface area (Å²) in [4.78, 5) is 14.2. The molecule has 1 unspecified atom stereocenters. The lowest BCUT2D eigenvalue weighted by atomic mass is 9.91. The molecule has 1 aromatic rings. The van der Waals surface area contributed by atoms with Crippen LogP contribution in [-0.4, -0.2) is 64.1 Å². The Labute approximate surface area is 168 Å². The van der Waals surface area contributed by atoms with E-state index in [0.29, 0.717) is 43.8 Å². The highest BCUT2D eigenvalue weighted by Crippen LogP contribution is 2.19. The Kier molecular flexibility index (Phi) is 6.75. The smallest absolute Gasteiger partial charge is 0.282 e. The number of anilines is 1. The van der Waals surface area contributed by atoms with Crippen molar-refractivity contribution in [2.75, 3.05) is 44.7 Å². The molecule has 1 amide bonds. The van der Waals surface area contributed by atoms with Gasteiger partial charge < -0.3 is 15.0 Å². The van der Waals surface area contributed by atoms with E-state index in [9.17, 15) is 13.2 Å². The first kappa shape index (κ1) is 21.2. The number of amides is 1. The SMILES string of the molecule is C[C@@H]1C[C@H](C)C[NH+]([C@@H](C)C(=O)Nc2ccc(S(=O)(=O)N3CCOCC3)cc2)C1. The van der Waals surface area contributed by atoms with Crippen LogP contribution in [0.5, 0.6) is 0 Å². The van der Waals surface area contributed by atoms with Crippen molar-refractivity contribution in [3.8, 4) is 0 Å². The topological polar surface area (TPSA) is 80.2 Å². The molecule has 0 aromatic heterocycles. The molecular weight excluding hydrogens is 378 g/mol. The first-order chi connectivity index (χ1) is 13.3. The zero-order chi connectivity index (χ0) is 20.3. The predicted molar refractivity (Wildman–Crippen MR) is 108 cm³/mol. The molecule has 2 aliphatic heterocycles. The van der Waals surface area contributed by atoms with E-state index in [1.54, 1.807) is 24.3 Å². The van der Waals surface area contributed by atoms with Gasteiger partial charge in [0, 0.05) is 30.6 Å². The molecule has 2 N–H and O–H groups in total. The van der Waals surface area contributed by atoms with Gasteiger partial charge in [-0.3, -0.25) is 4.79 Å². The maximum absolute atomic E-state index is 12.7. The van der Waals surface area contributed by atoms with Crippen molar-refractivity contribution in [2.45, 2.75) is 38.1 Å². The van der Waals surface area contributed by atoms with Crippen LogP contribution < -0.4 is 10.2 Å². The van der Waals surface area contributed by atoms with E-state index in [-0.39, 0.29) is 16.8 Å². The first-order valence-corrected chi connectivity index (χ1v) is 11.5. The Bertz CT molecular complexity index is 765. The summed E-state index contributed by atoms with van der Waals surface area (Å²) < 4.78 is 32.0. The summed E-state index contributed by atoms with van der Waals surface area (Å²) in [6, 6.07) is 6.30. The van der Waals surface area contributed by atoms with Crippen molar-refractivity contribution >= 4 is 21.6 Å². The molecule has 0 bridgehead atoms. The highest BCUT2D eigenvalue weighted by atomic mass is 32.2. The van der Waals surface area contributed by atoms with Crippen LogP contribution in [0.15, 0.2) is 29.2 Å². The number of piperidine rings is 1. The van der Waals surface area contributed by atoms with Gasteiger partial charge in [0.1, 0.15) is 0 Å². The van der Waals surface area contributed by atoms with Gasteiger partial charge >= 0.3 is 0 Å². The normalized spacial score (nSPS) is 27.9. The van der Waals surface area contributed by atoms with Crippen molar-refractivity contribution in [1.29, 1.82) is 0 Å². The predicted octanol–water partition coefficient (Wildman–Crippen LogP) is 0.595. The summed E-state index contributed by atoms with van der Waals surface area (Å²) in [5.41, 5.74) is 0.621. The summed E-state index contributed by atoms with van der Waals surface area (Å²) in [5.74, 6) is 1.22. The number of hydrogen-bond donors (Lipinski definition) is 2. The average Bonchev–Trinajstić information content (AvgIpc) is 2.67. The number of benzene rings is 1. The maximum atomic E-state index is 12.7. The molecule has 3 rings (SSSR count). The quantitative estimate of drug-likeness (QED) is 0.745. The minimum atomic E-state index is -3.52. The Morgan fingerprint density at radius 2 is 1.71 bits per heavy atom. The van der Waals surface area contributed by atoms with Gasteiger partial charge in [-0.05, 0) is 37.6 Å². The summed E-state index contributed by atoms with van der Waals surface area (Å²) in [5, 5.41) is 2.94. The molecule has 4 atom stereocenters. The Balaban J connectivity index is 1.62. The fourth-order valence-electron chi connectivity index (χ4n) is 4.27. The third kappa shape index (κ3) is 4.92. The van der Waals surface area contributed by atoms with Crippen LogP contribution in [0.3, 0.4) is 0 Å². The third-order valence-corrected chi connectivity index (χ3v) is 7.67. The largest absolute Gasteiger partial charge is 0.379 e. The molecule has 156 valence electrons. The van der Waals surface area contributed by atoms with E-state index in [4.69, 9.17) is 4.74 Å². The second-order valence-electron chi connectivity index (χ2n) is 8.26. The van der Waals surface area contributed by atoms with Crippen LogP contribution >= 0.6 is 0 Å². The van der Waals surface area contributed by atoms with Crippen LogP contribution in [0.2, 0.25) is 0 Å². The molecule has 0 spiro atoms. The van der Waals surface area contributed by atoms with E-state index < -0.39 is 10.0 Å². The van der Waals surface area contributed by atoms with E-state index >= 15 is 0 Å². The maximum Gasteiger partial charge on any atom is 0.282 e. The lowest BCUT2D eigenvalue weighted by Gasteiger charge is -2.35. The Morgan fingerprint density at radius 1 is 1.14 bits per heavy atom. The highest BCUT2D eigenvalue weighted by Gasteiger charge is 2.32. The van der Waals surface area contributed by atoms with E-state index in [2.05, 4.69) is 19.2 Å². The Morgan fingerprint density at radius 3 is 2.29 bits per heavy atom. The van der Waals surface area contributed by atoms with Crippen LogP contribution in [-0.2, 0) is 19.6 Å². The van der Waals surface area contributed by atoms with Gasteiger partial charge in [0.05, 0.1) is 31.2 Å². The summed E-state index contributed by atoms with van der Waals surface area (Å²) in [7, 11) is -3.52. The first-order valence-electron chi connectivity index (χ1n) is 10.1. The molecule has 1 aromatic carbocycles. The molecule has 28 heavy (non-hydrogen) atoms. The molecule has 8 heteroatoms. The number of hydrogen-bond acceptors (Lipinski definition) is 4. The van der Waals surface area contributed by atoms with E-state index in [1.165, 1.54) is 15.6 Å². The van der Waals surface area contributed by atoms with Crippen LogP contribution in [0.25, 0.3) is 0 Å². The number of rotatable bonds is 5. The molecule has 2 aliphatic rings. The third-order valence-electron chi connectivity index (χ3n) is 5.76. The van der Waals surface area contributed by atoms with Crippen molar-refractivity contribution in [1.82, 2.24) is 4.31 Å². The molecule has 2 heterocycles. The lowest BCUT2D eigenvalue weighted by molar-refractivity contribution is -0.925. The molecular formula is C20H32N3O4S+. The van der Waals surface area contributed by atoms with Gasteiger partial charge in [-0.1, -0.05) is 13.8 Å². The molecule has 0 aliphatic carbocycles. The van der Waals surface area contributed by atoms with Gasteiger partial charge in [0.25, 0.3) is 5.91 Å². The molecule has 0 saturated carbocycles. The number of likely N-dealkylation sites (tertiary alicyclic amines) is 1. The van der Waals surface area contributed by atoms with Crippen molar-refractivity contribution < 1.29 is 22.8 Å². The molecule has 2 saturated heterocycles. The standard InChI is InChI=1S/C20H31N3O4S/c1-15-12-16(2)14-22(13-15)17(3)20(24)21-18-4-6-19(7-5-18)28(25,26)23-8-10-27-11-9-23/h4-7,15-17H,8-14H2,1-3H3,(H,21,24)/p+1/t15-,16+,17-/m0/s1. The summed E-state index contributed by atoms with van der Waals surface area (Å²) in [6.07, 6.45) is 1.22. The van der Waals surface area contributed by atoms with Crippen LogP contribution in [0.4, 0.5) is 5.69 Å². The fraction of sp³-hybridized carbons (Fsp3) is 0.650. The number of quaternary nitrogens is 1. The second kappa shape index (κ2) is 8.90. The molecule has 0 radical (unpaired) electrons. The minimum Gasteiger partial charge on any atom is -0.379 e. The van der Waals surface area contributed by atoms with E-state index in [0.717, 1.165) is 13.1 Å². The summed E-state index contributed by atoms with van der Waals surface area (Å²) >= 11 is 0. The van der Waals surface area contributed by atoms with Gasteiger partial charge in [-0.25, -0.2) is 8.42 Å². The van der Waals surface area contributed by atoms with Crippen molar-refractivity contribution in [3.63, 3.8) is 0 Å². The van der Waals surface area contributed by atoms with E-state index in [1.807, 2.05) is 6.92 Å². The number of nitrogens with one attached hydrogen (secondary N) is 2. The number of sulfonamides is 1. The van der Waals surface area contributed by atoms with Crippen LogP contribution in [0, 0.1) is 11.8 Å².